The Bertz CT molecular complexity index is 855. The Morgan fingerprint density at radius 3 is 1.89 bits per heavy atom. The predicted molar refractivity (Wildman–Crippen MR) is 156 cm³/mol. The van der Waals surface area contributed by atoms with Gasteiger partial charge in [-0.1, -0.05) is 90.2 Å². The molecule has 3 heteroatoms. The highest BCUT2D eigenvalue weighted by atomic mass is 19.1. The molecular formula is C35H55FO2. The van der Waals surface area contributed by atoms with Crippen LogP contribution in [0, 0.1) is 35.4 Å². The zero-order valence-corrected chi connectivity index (χ0v) is 24.5. The topological polar surface area (TPSA) is 37.3 Å². The summed E-state index contributed by atoms with van der Waals surface area (Å²) in [5.41, 5.74) is 0.552. The fourth-order valence-electron chi connectivity index (χ4n) is 8.48. The number of carbonyl (C=O) groups is 1. The van der Waals surface area contributed by atoms with Crippen LogP contribution in [0.1, 0.15) is 147 Å². The van der Waals surface area contributed by atoms with Crippen molar-refractivity contribution in [2.75, 3.05) is 0 Å². The number of hydrogen-bond acceptors (Lipinski definition) is 1. The molecule has 4 rings (SSSR count). The molecule has 3 fully saturated rings. The zero-order valence-electron chi connectivity index (χ0n) is 24.5. The predicted octanol–water partition coefficient (Wildman–Crippen LogP) is 10.3. The van der Waals surface area contributed by atoms with Crippen LogP contribution in [0.15, 0.2) is 18.2 Å². The van der Waals surface area contributed by atoms with Crippen LogP contribution < -0.4 is 0 Å². The third kappa shape index (κ3) is 7.42. The minimum absolute atomic E-state index is 0.191. The van der Waals surface area contributed by atoms with Gasteiger partial charge in [0.25, 0.3) is 0 Å². The Morgan fingerprint density at radius 2 is 1.37 bits per heavy atom. The summed E-state index contributed by atoms with van der Waals surface area (Å²) in [4.78, 5) is 12.4. The van der Waals surface area contributed by atoms with Crippen molar-refractivity contribution < 1.29 is 14.3 Å². The number of carboxylic acids is 1. The molecule has 0 spiro atoms. The van der Waals surface area contributed by atoms with Gasteiger partial charge in [-0.25, -0.2) is 4.39 Å². The summed E-state index contributed by atoms with van der Waals surface area (Å²) in [6.07, 6.45) is 24.1. The summed E-state index contributed by atoms with van der Waals surface area (Å²) in [6, 6.07) is 5.40. The van der Waals surface area contributed by atoms with E-state index in [1.807, 2.05) is 12.1 Å². The van der Waals surface area contributed by atoms with Gasteiger partial charge in [0, 0.05) is 0 Å². The highest BCUT2D eigenvalue weighted by Crippen LogP contribution is 2.45. The van der Waals surface area contributed by atoms with Crippen molar-refractivity contribution in [3.63, 3.8) is 0 Å². The second-order valence-corrected chi connectivity index (χ2v) is 13.5. The van der Waals surface area contributed by atoms with E-state index in [-0.39, 0.29) is 5.82 Å². The first-order valence-corrected chi connectivity index (χ1v) is 16.5. The van der Waals surface area contributed by atoms with E-state index in [1.54, 1.807) is 6.07 Å². The van der Waals surface area contributed by atoms with Crippen molar-refractivity contribution in [2.24, 2.45) is 29.6 Å². The quantitative estimate of drug-likeness (QED) is 0.275. The van der Waals surface area contributed by atoms with Gasteiger partial charge in [0.15, 0.2) is 0 Å². The zero-order chi connectivity index (χ0) is 27.0. The SMILES string of the molecule is CCCCCC1CCC(C2CCC(CCc3ccc(C4(C(=O)O)CCC(CCC)CC4)cc3F)CC2)CC1. The number of carboxylic acid groups (broad SMARTS) is 1. The fraction of sp³-hybridized carbons (Fsp3) is 0.800. The molecule has 3 saturated carbocycles. The van der Waals surface area contributed by atoms with Crippen LogP contribution in [0.4, 0.5) is 4.39 Å². The molecule has 0 bridgehead atoms. The van der Waals surface area contributed by atoms with Gasteiger partial charge in [-0.15, -0.1) is 0 Å². The maximum Gasteiger partial charge on any atom is 0.314 e. The van der Waals surface area contributed by atoms with Crippen LogP contribution in [0.2, 0.25) is 0 Å². The highest BCUT2D eigenvalue weighted by Gasteiger charge is 2.43. The van der Waals surface area contributed by atoms with Gasteiger partial charge in [0.05, 0.1) is 5.41 Å². The van der Waals surface area contributed by atoms with Crippen molar-refractivity contribution in [2.45, 2.75) is 148 Å². The van der Waals surface area contributed by atoms with Gasteiger partial charge in [-0.2, -0.15) is 0 Å². The lowest BCUT2D eigenvalue weighted by Gasteiger charge is -2.38. The average Bonchev–Trinajstić information content (AvgIpc) is 2.94. The lowest BCUT2D eigenvalue weighted by Crippen LogP contribution is -2.39. The maximum atomic E-state index is 15.2. The third-order valence-electron chi connectivity index (χ3n) is 11.2. The standard InChI is InChI=1S/C35H55FO2/c1-3-5-6-8-27-9-14-29(15-10-27)30-16-11-28(12-17-30)13-18-31-19-20-32(25-33(31)36)35(34(37)38)23-21-26(7-4-2)22-24-35/h19-20,25-30H,3-18,21-24H2,1-2H3,(H,37,38). The molecule has 0 atom stereocenters. The molecule has 3 aliphatic carbocycles. The van der Waals surface area contributed by atoms with E-state index in [1.165, 1.54) is 83.5 Å². The Labute approximate surface area is 232 Å². The van der Waals surface area contributed by atoms with Crippen LogP contribution in [0.25, 0.3) is 0 Å². The van der Waals surface area contributed by atoms with Crippen molar-refractivity contribution >= 4 is 5.97 Å². The first-order valence-electron chi connectivity index (χ1n) is 16.5. The van der Waals surface area contributed by atoms with Gasteiger partial charge in [0.2, 0.25) is 0 Å². The van der Waals surface area contributed by atoms with E-state index in [0.717, 1.165) is 61.3 Å². The molecule has 0 heterocycles. The van der Waals surface area contributed by atoms with E-state index >= 15 is 4.39 Å². The van der Waals surface area contributed by atoms with Crippen molar-refractivity contribution in [1.29, 1.82) is 0 Å². The first-order chi connectivity index (χ1) is 18.4. The molecule has 0 saturated heterocycles. The van der Waals surface area contributed by atoms with Gasteiger partial charge >= 0.3 is 5.97 Å². The average molecular weight is 527 g/mol. The number of halogens is 1. The molecule has 38 heavy (non-hydrogen) atoms. The van der Waals surface area contributed by atoms with E-state index in [9.17, 15) is 9.90 Å². The van der Waals surface area contributed by atoms with Crippen LogP contribution in [0.3, 0.4) is 0 Å². The molecule has 0 radical (unpaired) electrons. The molecule has 0 aliphatic heterocycles. The number of rotatable bonds is 12. The molecule has 0 unspecified atom stereocenters. The summed E-state index contributed by atoms with van der Waals surface area (Å²) < 4.78 is 15.2. The van der Waals surface area contributed by atoms with Crippen molar-refractivity contribution in [3.8, 4) is 0 Å². The number of aliphatic carboxylic acids is 1. The van der Waals surface area contributed by atoms with E-state index in [4.69, 9.17) is 0 Å². The van der Waals surface area contributed by atoms with Crippen molar-refractivity contribution in [3.05, 3.63) is 35.1 Å². The van der Waals surface area contributed by atoms with Crippen LogP contribution in [0.5, 0.6) is 0 Å². The Morgan fingerprint density at radius 1 is 0.789 bits per heavy atom. The minimum Gasteiger partial charge on any atom is -0.481 e. The second kappa shape index (κ2) is 14.3. The molecule has 2 nitrogen and oxygen atoms in total. The van der Waals surface area contributed by atoms with Crippen LogP contribution >= 0.6 is 0 Å². The van der Waals surface area contributed by atoms with Gasteiger partial charge in [-0.3, -0.25) is 4.79 Å². The Kier molecular flexibility index (Phi) is 11.1. The lowest BCUT2D eigenvalue weighted by molar-refractivity contribution is -0.145. The van der Waals surface area contributed by atoms with Crippen LogP contribution in [-0.2, 0) is 16.6 Å². The van der Waals surface area contributed by atoms with E-state index in [2.05, 4.69) is 13.8 Å². The van der Waals surface area contributed by atoms with Crippen molar-refractivity contribution in [1.82, 2.24) is 0 Å². The lowest BCUT2D eigenvalue weighted by atomic mass is 9.66. The minimum atomic E-state index is -0.906. The number of unbranched alkanes of at least 4 members (excludes halogenated alkanes) is 2. The number of aryl methyl sites for hydroxylation is 1. The van der Waals surface area contributed by atoms with Gasteiger partial charge in [-0.05, 0) is 111 Å². The summed E-state index contributed by atoms with van der Waals surface area (Å²) in [7, 11) is 0. The summed E-state index contributed by atoms with van der Waals surface area (Å²) in [5, 5.41) is 10.1. The maximum absolute atomic E-state index is 15.2. The summed E-state index contributed by atoms with van der Waals surface area (Å²) >= 11 is 0. The molecular weight excluding hydrogens is 471 g/mol. The van der Waals surface area contributed by atoms with E-state index in [0.29, 0.717) is 24.3 Å². The number of benzene rings is 1. The highest BCUT2D eigenvalue weighted by molar-refractivity contribution is 5.81. The van der Waals surface area contributed by atoms with E-state index < -0.39 is 11.4 Å². The molecule has 214 valence electrons. The monoisotopic (exact) mass is 526 g/mol. The van der Waals surface area contributed by atoms with Gasteiger partial charge in [0.1, 0.15) is 5.82 Å². The molecule has 3 aliphatic rings. The Balaban J connectivity index is 1.23. The molecule has 1 aromatic carbocycles. The Hall–Kier alpha value is -1.38. The largest absolute Gasteiger partial charge is 0.481 e. The first kappa shape index (κ1) is 29.6. The number of hydrogen-bond donors (Lipinski definition) is 1. The normalized spacial score (nSPS) is 32.2. The second-order valence-electron chi connectivity index (χ2n) is 13.5. The molecule has 0 amide bonds. The van der Waals surface area contributed by atoms with Gasteiger partial charge < -0.3 is 5.11 Å². The molecule has 1 aromatic rings. The van der Waals surface area contributed by atoms with Crippen LogP contribution in [-0.4, -0.2) is 11.1 Å². The summed E-state index contributed by atoms with van der Waals surface area (Å²) in [6.45, 7) is 4.50. The molecule has 1 N–H and O–H groups in total. The summed E-state index contributed by atoms with van der Waals surface area (Å²) in [5.74, 6) is 3.26. The fourth-order valence-corrected chi connectivity index (χ4v) is 8.48. The third-order valence-corrected chi connectivity index (χ3v) is 11.2. The molecule has 0 aromatic heterocycles. The smallest absolute Gasteiger partial charge is 0.314 e.